The smallest absolute Gasteiger partial charge is 0.223 e. The number of carbonyl (C=O) groups is 1. The van der Waals surface area contributed by atoms with Crippen LogP contribution in [0, 0.1) is 6.92 Å². The third-order valence-electron chi connectivity index (χ3n) is 4.08. The zero-order valence-electron chi connectivity index (χ0n) is 14.8. The number of ether oxygens (including phenoxy) is 1. The van der Waals surface area contributed by atoms with Crippen LogP contribution in [-0.2, 0) is 16.0 Å². The van der Waals surface area contributed by atoms with Crippen LogP contribution in [0.5, 0.6) is 0 Å². The normalized spacial score (nSPS) is 17.9. The first-order valence-electron chi connectivity index (χ1n) is 8.54. The first-order chi connectivity index (χ1) is 12.0. The summed E-state index contributed by atoms with van der Waals surface area (Å²) in [4.78, 5) is 22.8. The molecule has 1 aliphatic heterocycles. The van der Waals surface area contributed by atoms with Gasteiger partial charge in [0.05, 0.1) is 18.8 Å². The molecular weight excluding hydrogens is 322 g/mol. The molecule has 2 aromatic heterocycles. The van der Waals surface area contributed by atoms with Crippen molar-refractivity contribution >= 4 is 5.91 Å². The molecule has 0 N–H and O–H groups in total. The first kappa shape index (κ1) is 17.5. The molecule has 134 valence electrons. The molecule has 0 aliphatic carbocycles. The molecule has 3 heterocycles. The molecule has 0 radical (unpaired) electrons. The zero-order valence-corrected chi connectivity index (χ0v) is 14.8. The second kappa shape index (κ2) is 7.69. The number of amides is 1. The maximum Gasteiger partial charge on any atom is 0.223 e. The van der Waals surface area contributed by atoms with Gasteiger partial charge < -0.3 is 14.1 Å². The average Bonchev–Trinajstić information content (AvgIpc) is 3.09. The van der Waals surface area contributed by atoms with Gasteiger partial charge in [-0.15, -0.1) is 10.2 Å². The third-order valence-corrected chi connectivity index (χ3v) is 4.08. The van der Waals surface area contributed by atoms with Crippen molar-refractivity contribution in [3.63, 3.8) is 0 Å². The molecule has 2 aromatic rings. The van der Waals surface area contributed by atoms with E-state index in [1.807, 2.05) is 31.7 Å². The minimum absolute atomic E-state index is 0.0587. The molecule has 1 aliphatic rings. The summed E-state index contributed by atoms with van der Waals surface area (Å²) in [5, 5.41) is 7.99. The van der Waals surface area contributed by atoms with E-state index in [2.05, 4.69) is 20.2 Å². The maximum atomic E-state index is 12.5. The van der Waals surface area contributed by atoms with Gasteiger partial charge >= 0.3 is 0 Å². The molecule has 8 heteroatoms. The van der Waals surface area contributed by atoms with Gasteiger partial charge in [0.1, 0.15) is 11.9 Å². The number of aromatic nitrogens is 4. The standard InChI is InChI=1S/C17H23N5O3/c1-11(2)17-21-20-15(25-17)4-5-16(23)22-8-9-24-14(10-22)13-6-7-18-12(3)19-13/h6-7,11,14H,4-5,8-10H2,1-3H3/t14-/m1/s1. The van der Waals surface area contributed by atoms with Gasteiger partial charge in [0, 0.05) is 31.5 Å². The van der Waals surface area contributed by atoms with Gasteiger partial charge in [-0.25, -0.2) is 9.97 Å². The number of nitrogens with zero attached hydrogens (tertiary/aromatic N) is 5. The molecule has 8 nitrogen and oxygen atoms in total. The van der Waals surface area contributed by atoms with E-state index in [4.69, 9.17) is 9.15 Å². The van der Waals surface area contributed by atoms with Gasteiger partial charge in [-0.3, -0.25) is 4.79 Å². The summed E-state index contributed by atoms with van der Waals surface area (Å²) in [5.41, 5.74) is 0.809. The van der Waals surface area contributed by atoms with Crippen LogP contribution in [0.4, 0.5) is 0 Å². The van der Waals surface area contributed by atoms with Crippen molar-refractivity contribution in [2.24, 2.45) is 0 Å². The Morgan fingerprint density at radius 1 is 1.40 bits per heavy atom. The highest BCUT2D eigenvalue weighted by Gasteiger charge is 2.26. The van der Waals surface area contributed by atoms with Crippen LogP contribution in [0.25, 0.3) is 0 Å². The van der Waals surface area contributed by atoms with E-state index in [0.29, 0.717) is 50.1 Å². The lowest BCUT2D eigenvalue weighted by molar-refractivity contribution is -0.139. The lowest BCUT2D eigenvalue weighted by Crippen LogP contribution is -2.42. The first-order valence-corrected chi connectivity index (χ1v) is 8.54. The molecule has 0 spiro atoms. The van der Waals surface area contributed by atoms with Crippen LogP contribution < -0.4 is 0 Å². The Balaban J connectivity index is 1.56. The molecule has 0 bridgehead atoms. The van der Waals surface area contributed by atoms with E-state index in [1.54, 1.807) is 6.20 Å². The van der Waals surface area contributed by atoms with Crippen LogP contribution in [0.15, 0.2) is 16.7 Å². The van der Waals surface area contributed by atoms with Crippen molar-refractivity contribution in [3.8, 4) is 0 Å². The fourth-order valence-electron chi connectivity index (χ4n) is 2.68. The van der Waals surface area contributed by atoms with Crippen molar-refractivity contribution in [3.05, 3.63) is 35.6 Å². The van der Waals surface area contributed by atoms with Crippen molar-refractivity contribution in [2.45, 2.75) is 45.6 Å². The number of hydrogen-bond acceptors (Lipinski definition) is 7. The summed E-state index contributed by atoms with van der Waals surface area (Å²) in [6, 6.07) is 1.83. The minimum Gasteiger partial charge on any atom is -0.425 e. The third kappa shape index (κ3) is 4.39. The number of rotatable bonds is 5. The molecule has 0 aromatic carbocycles. The molecule has 1 amide bonds. The van der Waals surface area contributed by atoms with E-state index in [1.165, 1.54) is 0 Å². The van der Waals surface area contributed by atoms with Crippen LogP contribution in [0.2, 0.25) is 0 Å². The second-order valence-electron chi connectivity index (χ2n) is 6.42. The number of carbonyl (C=O) groups excluding carboxylic acids is 1. The van der Waals surface area contributed by atoms with E-state index < -0.39 is 0 Å². The fraction of sp³-hybridized carbons (Fsp3) is 0.588. The van der Waals surface area contributed by atoms with E-state index in [0.717, 1.165) is 5.69 Å². The predicted molar refractivity (Wildman–Crippen MR) is 88.8 cm³/mol. The Labute approximate surface area is 146 Å². The van der Waals surface area contributed by atoms with Gasteiger partial charge in [-0.05, 0) is 13.0 Å². The molecular formula is C17H23N5O3. The van der Waals surface area contributed by atoms with E-state index in [-0.39, 0.29) is 17.9 Å². The SMILES string of the molecule is Cc1nccc([C@H]2CN(C(=O)CCc3nnc(C(C)C)o3)CCO2)n1. The van der Waals surface area contributed by atoms with Crippen molar-refractivity contribution in [1.29, 1.82) is 0 Å². The summed E-state index contributed by atoms with van der Waals surface area (Å²) < 4.78 is 11.3. The highest BCUT2D eigenvalue weighted by atomic mass is 16.5. The Kier molecular flexibility index (Phi) is 5.37. The van der Waals surface area contributed by atoms with E-state index in [9.17, 15) is 4.79 Å². The molecule has 25 heavy (non-hydrogen) atoms. The summed E-state index contributed by atoms with van der Waals surface area (Å²) in [5.74, 6) is 2.06. The predicted octanol–water partition coefficient (Wildman–Crippen LogP) is 1.82. The molecule has 3 rings (SSSR count). The molecule has 1 saturated heterocycles. The minimum atomic E-state index is -0.213. The Hall–Kier alpha value is -2.35. The maximum absolute atomic E-state index is 12.5. The summed E-state index contributed by atoms with van der Waals surface area (Å²) in [6.45, 7) is 7.40. The Morgan fingerprint density at radius 3 is 2.96 bits per heavy atom. The summed E-state index contributed by atoms with van der Waals surface area (Å²) >= 11 is 0. The molecule has 0 saturated carbocycles. The number of morpholine rings is 1. The van der Waals surface area contributed by atoms with Crippen LogP contribution in [0.3, 0.4) is 0 Å². The van der Waals surface area contributed by atoms with Gasteiger partial charge in [0.2, 0.25) is 17.7 Å². The highest BCUT2D eigenvalue weighted by Crippen LogP contribution is 2.21. The lowest BCUT2D eigenvalue weighted by Gasteiger charge is -2.32. The highest BCUT2D eigenvalue weighted by molar-refractivity contribution is 5.76. The van der Waals surface area contributed by atoms with Crippen molar-refractivity contribution in [2.75, 3.05) is 19.7 Å². The Bertz CT molecular complexity index is 731. The van der Waals surface area contributed by atoms with Gasteiger partial charge in [-0.2, -0.15) is 0 Å². The van der Waals surface area contributed by atoms with Gasteiger partial charge in [-0.1, -0.05) is 13.8 Å². The van der Waals surface area contributed by atoms with Crippen molar-refractivity contribution < 1.29 is 13.9 Å². The monoisotopic (exact) mass is 345 g/mol. The number of aryl methyl sites for hydroxylation is 2. The van der Waals surface area contributed by atoms with E-state index >= 15 is 0 Å². The Morgan fingerprint density at radius 2 is 2.24 bits per heavy atom. The summed E-state index contributed by atoms with van der Waals surface area (Å²) in [7, 11) is 0. The second-order valence-corrected chi connectivity index (χ2v) is 6.42. The quantitative estimate of drug-likeness (QED) is 0.816. The lowest BCUT2D eigenvalue weighted by atomic mass is 10.1. The zero-order chi connectivity index (χ0) is 17.8. The fourth-order valence-corrected chi connectivity index (χ4v) is 2.68. The van der Waals surface area contributed by atoms with Gasteiger partial charge in [0.25, 0.3) is 0 Å². The van der Waals surface area contributed by atoms with Crippen molar-refractivity contribution in [1.82, 2.24) is 25.1 Å². The topological polar surface area (TPSA) is 94.2 Å². The van der Waals surface area contributed by atoms with Crippen LogP contribution in [-0.4, -0.2) is 50.7 Å². The molecule has 0 unspecified atom stereocenters. The number of hydrogen-bond donors (Lipinski definition) is 0. The van der Waals surface area contributed by atoms with Crippen LogP contribution in [0.1, 0.15) is 55.6 Å². The van der Waals surface area contributed by atoms with Gasteiger partial charge in [0.15, 0.2) is 0 Å². The molecule has 1 atom stereocenters. The average molecular weight is 345 g/mol. The summed E-state index contributed by atoms with van der Waals surface area (Å²) in [6.07, 6.45) is 2.29. The van der Waals surface area contributed by atoms with Crippen LogP contribution >= 0.6 is 0 Å². The largest absolute Gasteiger partial charge is 0.425 e. The molecule has 1 fully saturated rings.